The molecule has 1 heterocycles. The maximum Gasteiger partial charge on any atom is 0.241 e. The smallest absolute Gasteiger partial charge is 0.241 e. The van der Waals surface area contributed by atoms with Crippen LogP contribution in [0.5, 0.6) is 0 Å². The Morgan fingerprint density at radius 3 is 2.75 bits per heavy atom. The second-order valence-electron chi connectivity index (χ2n) is 3.81. The summed E-state index contributed by atoms with van der Waals surface area (Å²) >= 11 is 10.7. The molecule has 106 valence electrons. The predicted octanol–water partition coefficient (Wildman–Crippen LogP) is 1.44. The fourth-order valence-corrected chi connectivity index (χ4v) is 3.05. The van der Waals surface area contributed by atoms with Crippen molar-refractivity contribution < 1.29 is 12.9 Å². The average Bonchev–Trinajstić information content (AvgIpc) is 2.89. The quantitative estimate of drug-likeness (QED) is 0.804. The van der Waals surface area contributed by atoms with E-state index in [0.29, 0.717) is 11.3 Å². The second kappa shape index (κ2) is 5.88. The van der Waals surface area contributed by atoms with Crippen LogP contribution in [-0.2, 0) is 16.6 Å². The summed E-state index contributed by atoms with van der Waals surface area (Å²) in [4.78, 5) is 0.121. The molecule has 0 aliphatic carbocycles. The van der Waals surface area contributed by atoms with Gasteiger partial charge in [-0.1, -0.05) is 29.0 Å². The van der Waals surface area contributed by atoms with Gasteiger partial charge in [-0.2, -0.15) is 0 Å². The van der Waals surface area contributed by atoms with Gasteiger partial charge in [0.2, 0.25) is 10.0 Å². The predicted molar refractivity (Wildman–Crippen MR) is 77.9 cm³/mol. The highest BCUT2D eigenvalue weighted by atomic mass is 35.5. The molecule has 0 amide bonds. The van der Waals surface area contributed by atoms with Gasteiger partial charge in [0.1, 0.15) is 4.99 Å². The Bertz CT molecular complexity index is 729. The number of hydrogen-bond acceptors (Lipinski definition) is 5. The molecule has 0 radical (unpaired) electrons. The minimum absolute atomic E-state index is 0.00297. The molecule has 6 nitrogen and oxygen atoms in total. The van der Waals surface area contributed by atoms with Gasteiger partial charge >= 0.3 is 0 Å². The molecule has 0 aliphatic rings. The lowest BCUT2D eigenvalue weighted by Gasteiger charge is -2.07. The molecule has 2 aromatic rings. The van der Waals surface area contributed by atoms with Gasteiger partial charge in [0.15, 0.2) is 5.76 Å². The van der Waals surface area contributed by atoms with Crippen molar-refractivity contribution in [2.45, 2.75) is 11.4 Å². The first-order valence-electron chi connectivity index (χ1n) is 5.39. The molecule has 0 unspecified atom stereocenters. The zero-order chi connectivity index (χ0) is 14.8. The number of benzene rings is 1. The third-order valence-corrected chi connectivity index (χ3v) is 4.38. The van der Waals surface area contributed by atoms with Gasteiger partial charge in [-0.15, -0.1) is 0 Å². The highest BCUT2D eigenvalue weighted by Crippen LogP contribution is 2.21. The summed E-state index contributed by atoms with van der Waals surface area (Å²) in [7, 11) is -3.71. The van der Waals surface area contributed by atoms with E-state index in [0.717, 1.165) is 0 Å². The van der Waals surface area contributed by atoms with Crippen LogP contribution >= 0.6 is 23.8 Å². The highest BCUT2D eigenvalue weighted by Gasteiger charge is 2.16. The van der Waals surface area contributed by atoms with Crippen molar-refractivity contribution in [1.29, 1.82) is 0 Å². The van der Waals surface area contributed by atoms with Crippen molar-refractivity contribution in [2.75, 3.05) is 0 Å². The fourth-order valence-electron chi connectivity index (χ4n) is 1.45. The molecule has 2 rings (SSSR count). The lowest BCUT2D eigenvalue weighted by atomic mass is 10.2. The van der Waals surface area contributed by atoms with E-state index >= 15 is 0 Å². The first kappa shape index (κ1) is 14.9. The first-order valence-corrected chi connectivity index (χ1v) is 7.65. The van der Waals surface area contributed by atoms with Crippen LogP contribution in [0.3, 0.4) is 0 Å². The van der Waals surface area contributed by atoms with Crippen molar-refractivity contribution in [3.8, 4) is 0 Å². The fraction of sp³-hybridized carbons (Fsp3) is 0.0909. The molecular weight excluding hydrogens is 322 g/mol. The number of hydrogen-bond donors (Lipinski definition) is 2. The number of sulfonamides is 1. The van der Waals surface area contributed by atoms with Crippen LogP contribution in [0.25, 0.3) is 0 Å². The summed E-state index contributed by atoms with van der Waals surface area (Å²) in [6, 6.07) is 5.70. The normalized spacial score (nSPS) is 11.4. The SMILES string of the molecule is NC(=S)c1ccc(S(=O)(=O)NCc2ccno2)cc1Cl. The molecule has 1 aromatic carbocycles. The highest BCUT2D eigenvalue weighted by molar-refractivity contribution is 7.89. The molecule has 9 heteroatoms. The number of nitrogens with two attached hydrogens (primary N) is 1. The summed E-state index contributed by atoms with van der Waals surface area (Å²) in [5, 5.41) is 3.66. The third kappa shape index (κ3) is 3.34. The number of nitrogens with zero attached hydrogens (tertiary/aromatic N) is 1. The van der Waals surface area contributed by atoms with Gasteiger partial charge < -0.3 is 10.3 Å². The van der Waals surface area contributed by atoms with Crippen LogP contribution < -0.4 is 10.5 Å². The van der Waals surface area contributed by atoms with Crippen LogP contribution in [-0.4, -0.2) is 18.6 Å². The molecule has 20 heavy (non-hydrogen) atoms. The maximum atomic E-state index is 12.1. The Morgan fingerprint density at radius 1 is 1.45 bits per heavy atom. The lowest BCUT2D eigenvalue weighted by molar-refractivity contribution is 0.380. The monoisotopic (exact) mass is 331 g/mol. The number of nitrogens with one attached hydrogen (secondary N) is 1. The van der Waals surface area contributed by atoms with E-state index in [1.807, 2.05) is 0 Å². The van der Waals surface area contributed by atoms with Gasteiger partial charge in [0, 0.05) is 11.6 Å². The number of halogens is 1. The van der Waals surface area contributed by atoms with Gasteiger partial charge in [0.05, 0.1) is 22.7 Å². The first-order chi connectivity index (χ1) is 9.40. The van der Waals surface area contributed by atoms with Crippen molar-refractivity contribution >= 4 is 38.8 Å². The van der Waals surface area contributed by atoms with Gasteiger partial charge in [-0.05, 0) is 18.2 Å². The molecule has 0 atom stereocenters. The molecule has 0 spiro atoms. The minimum atomic E-state index is -3.71. The number of aromatic nitrogens is 1. The van der Waals surface area contributed by atoms with Crippen molar-refractivity contribution in [3.05, 3.63) is 46.8 Å². The van der Waals surface area contributed by atoms with Crippen LogP contribution in [0.15, 0.2) is 39.9 Å². The summed E-state index contributed by atoms with van der Waals surface area (Å²) < 4.78 is 31.3. The van der Waals surface area contributed by atoms with Crippen molar-refractivity contribution in [2.24, 2.45) is 5.73 Å². The zero-order valence-corrected chi connectivity index (χ0v) is 12.4. The van der Waals surface area contributed by atoms with E-state index in [1.165, 1.54) is 24.4 Å². The molecule has 0 fully saturated rings. The van der Waals surface area contributed by atoms with Crippen molar-refractivity contribution in [3.63, 3.8) is 0 Å². The standard InChI is InChI=1S/C11H10ClN3O3S2/c12-10-5-8(1-2-9(10)11(13)19)20(16,17)15-6-7-3-4-14-18-7/h1-5,15H,6H2,(H2,13,19). The molecule has 1 aromatic heterocycles. The zero-order valence-electron chi connectivity index (χ0n) is 10.0. The van der Waals surface area contributed by atoms with Crippen LogP contribution in [0.4, 0.5) is 0 Å². The maximum absolute atomic E-state index is 12.1. The third-order valence-electron chi connectivity index (χ3n) is 2.44. The van der Waals surface area contributed by atoms with Gasteiger partial charge in [0.25, 0.3) is 0 Å². The summed E-state index contributed by atoms with van der Waals surface area (Å²) in [6.07, 6.45) is 1.43. The molecular formula is C11H10ClN3O3S2. The van der Waals surface area contributed by atoms with Crippen LogP contribution in [0, 0.1) is 0 Å². The Labute approximate surface area is 125 Å². The van der Waals surface area contributed by atoms with E-state index in [4.69, 9.17) is 34.1 Å². The average molecular weight is 332 g/mol. The second-order valence-corrected chi connectivity index (χ2v) is 6.42. The van der Waals surface area contributed by atoms with E-state index in [-0.39, 0.29) is 21.5 Å². The van der Waals surface area contributed by atoms with E-state index in [2.05, 4.69) is 9.88 Å². The van der Waals surface area contributed by atoms with Crippen molar-refractivity contribution in [1.82, 2.24) is 9.88 Å². The molecule has 0 bridgehead atoms. The van der Waals surface area contributed by atoms with Crippen LogP contribution in [0.1, 0.15) is 11.3 Å². The molecule has 0 saturated carbocycles. The summed E-state index contributed by atoms with van der Waals surface area (Å²) in [5.41, 5.74) is 5.89. The Balaban J connectivity index is 2.21. The molecule has 0 aliphatic heterocycles. The van der Waals surface area contributed by atoms with E-state index in [9.17, 15) is 8.42 Å². The van der Waals surface area contributed by atoms with Crippen LogP contribution in [0.2, 0.25) is 5.02 Å². The minimum Gasteiger partial charge on any atom is -0.389 e. The number of thiocarbonyl (C=S) groups is 1. The Kier molecular flexibility index (Phi) is 4.39. The van der Waals surface area contributed by atoms with Gasteiger partial charge in [-0.3, -0.25) is 0 Å². The molecule has 0 saturated heterocycles. The van der Waals surface area contributed by atoms with Gasteiger partial charge in [-0.25, -0.2) is 13.1 Å². The summed E-state index contributed by atoms with van der Waals surface area (Å²) in [5.74, 6) is 0.402. The van der Waals surface area contributed by atoms with E-state index in [1.54, 1.807) is 6.07 Å². The Hall–Kier alpha value is -1.48. The molecule has 3 N–H and O–H groups in total. The summed E-state index contributed by atoms with van der Waals surface area (Å²) in [6.45, 7) is -0.00297. The largest absolute Gasteiger partial charge is 0.389 e. The van der Waals surface area contributed by atoms with E-state index < -0.39 is 10.0 Å². The lowest BCUT2D eigenvalue weighted by Crippen LogP contribution is -2.23. The topological polar surface area (TPSA) is 98.2 Å². The Morgan fingerprint density at radius 2 is 2.20 bits per heavy atom. The number of rotatable bonds is 5.